The Kier molecular flexibility index (Phi) is 5.79. The van der Waals surface area contributed by atoms with Gasteiger partial charge in [-0.1, -0.05) is 0 Å². The summed E-state index contributed by atoms with van der Waals surface area (Å²) in [5.41, 5.74) is 0. The van der Waals surface area contributed by atoms with E-state index in [4.69, 9.17) is 5.11 Å². The average Bonchev–Trinajstić information content (AvgIpc) is 2.21. The predicted octanol–water partition coefficient (Wildman–Crippen LogP) is -0.0210. The molecule has 0 fully saturated rings. The molecule has 8 heteroatoms. The number of hydrogen-bond acceptors (Lipinski definition) is 4. The lowest BCUT2D eigenvalue weighted by atomic mass is 10.1. The van der Waals surface area contributed by atoms with Gasteiger partial charge in [-0.05, 0) is 6.42 Å². The number of halogens is 3. The summed E-state index contributed by atoms with van der Waals surface area (Å²) in [6.07, 6.45) is -5.30. The van der Waals surface area contributed by atoms with Crippen molar-refractivity contribution in [1.82, 2.24) is 5.32 Å². The number of ether oxygens (including phenoxy) is 1. The van der Waals surface area contributed by atoms with Gasteiger partial charge in [-0.15, -0.1) is 0 Å². The number of nitrogens with one attached hydrogen (secondary N) is 1. The maximum atomic E-state index is 11.8. The van der Waals surface area contributed by atoms with Crippen molar-refractivity contribution in [3.05, 3.63) is 0 Å². The molecule has 0 saturated heterocycles. The number of aliphatic hydroxyl groups is 1. The first-order valence-electron chi connectivity index (χ1n) is 4.36. The van der Waals surface area contributed by atoms with Crippen LogP contribution in [0.5, 0.6) is 0 Å². The molecule has 0 bridgehead atoms. The maximum Gasteiger partial charge on any atom is 0.471 e. The summed E-state index contributed by atoms with van der Waals surface area (Å²) in [5.74, 6) is -2.77. The standard InChI is InChI=1S/C8H12F3NO4/c1-16-6(14)3-2-5(4-13)12-7(15)8(9,10)11/h5,13H,2-4H2,1H3,(H,12,15)/t5-/m0/s1. The highest BCUT2D eigenvalue weighted by Gasteiger charge is 2.39. The van der Waals surface area contributed by atoms with Crippen LogP contribution in [-0.2, 0) is 14.3 Å². The highest BCUT2D eigenvalue weighted by Crippen LogP contribution is 2.15. The van der Waals surface area contributed by atoms with E-state index in [1.807, 2.05) is 0 Å². The first-order valence-corrected chi connectivity index (χ1v) is 4.36. The third kappa shape index (κ3) is 5.54. The summed E-state index contributed by atoms with van der Waals surface area (Å²) < 4.78 is 39.7. The van der Waals surface area contributed by atoms with Crippen molar-refractivity contribution in [2.45, 2.75) is 25.1 Å². The Balaban J connectivity index is 4.11. The molecule has 5 nitrogen and oxygen atoms in total. The minimum atomic E-state index is -5.00. The quantitative estimate of drug-likeness (QED) is 0.665. The third-order valence-corrected chi connectivity index (χ3v) is 1.74. The predicted molar refractivity (Wildman–Crippen MR) is 46.3 cm³/mol. The molecule has 94 valence electrons. The highest BCUT2D eigenvalue weighted by molar-refractivity contribution is 5.82. The zero-order valence-electron chi connectivity index (χ0n) is 8.50. The molecule has 1 atom stereocenters. The van der Waals surface area contributed by atoms with E-state index in [1.165, 1.54) is 0 Å². The molecule has 0 aromatic rings. The zero-order chi connectivity index (χ0) is 12.8. The fraction of sp³-hybridized carbons (Fsp3) is 0.750. The molecule has 0 saturated carbocycles. The topological polar surface area (TPSA) is 75.6 Å². The fourth-order valence-corrected chi connectivity index (χ4v) is 0.870. The number of alkyl halides is 3. The molecule has 16 heavy (non-hydrogen) atoms. The van der Waals surface area contributed by atoms with Crippen LogP contribution >= 0.6 is 0 Å². The van der Waals surface area contributed by atoms with Crippen LogP contribution in [-0.4, -0.2) is 42.9 Å². The average molecular weight is 243 g/mol. The van der Waals surface area contributed by atoms with Gasteiger partial charge >= 0.3 is 18.1 Å². The second kappa shape index (κ2) is 6.31. The van der Waals surface area contributed by atoms with Crippen LogP contribution in [0.3, 0.4) is 0 Å². The van der Waals surface area contributed by atoms with Crippen molar-refractivity contribution < 1.29 is 32.6 Å². The largest absolute Gasteiger partial charge is 0.471 e. The van der Waals surface area contributed by atoms with Crippen molar-refractivity contribution in [2.24, 2.45) is 0 Å². The number of carbonyl (C=O) groups excluding carboxylic acids is 2. The van der Waals surface area contributed by atoms with Gasteiger partial charge in [0.1, 0.15) is 0 Å². The molecule has 0 rings (SSSR count). The van der Waals surface area contributed by atoms with Crippen molar-refractivity contribution in [1.29, 1.82) is 0 Å². The van der Waals surface area contributed by atoms with Crippen LogP contribution in [0.2, 0.25) is 0 Å². The van der Waals surface area contributed by atoms with Gasteiger partial charge < -0.3 is 15.2 Å². The van der Waals surface area contributed by atoms with Crippen LogP contribution in [0.1, 0.15) is 12.8 Å². The molecule has 0 aliphatic carbocycles. The van der Waals surface area contributed by atoms with Crippen LogP contribution in [0.25, 0.3) is 0 Å². The summed E-state index contributed by atoms with van der Waals surface area (Å²) in [7, 11) is 1.13. The maximum absolute atomic E-state index is 11.8. The van der Waals surface area contributed by atoms with Crippen molar-refractivity contribution in [3.63, 3.8) is 0 Å². The van der Waals surface area contributed by atoms with Crippen LogP contribution in [0, 0.1) is 0 Å². The minimum absolute atomic E-state index is 0.120. The molecule has 0 aromatic carbocycles. The Morgan fingerprint density at radius 1 is 1.44 bits per heavy atom. The van der Waals surface area contributed by atoms with Crippen LogP contribution in [0.4, 0.5) is 13.2 Å². The number of amides is 1. The fourth-order valence-electron chi connectivity index (χ4n) is 0.870. The number of esters is 1. The lowest BCUT2D eigenvalue weighted by Gasteiger charge is -2.16. The molecule has 0 radical (unpaired) electrons. The molecular weight excluding hydrogens is 231 g/mol. The van der Waals surface area contributed by atoms with Crippen molar-refractivity contribution in [3.8, 4) is 0 Å². The molecule has 0 aliphatic rings. The van der Waals surface area contributed by atoms with E-state index in [9.17, 15) is 22.8 Å². The first-order chi connectivity index (χ1) is 7.31. The van der Waals surface area contributed by atoms with Crippen molar-refractivity contribution in [2.75, 3.05) is 13.7 Å². The number of methoxy groups -OCH3 is 1. The van der Waals surface area contributed by atoms with Gasteiger partial charge in [-0.25, -0.2) is 0 Å². The number of aliphatic hydroxyl groups excluding tert-OH is 1. The number of rotatable bonds is 5. The molecular formula is C8H12F3NO4. The van der Waals surface area contributed by atoms with E-state index >= 15 is 0 Å². The lowest BCUT2D eigenvalue weighted by Crippen LogP contribution is -2.44. The van der Waals surface area contributed by atoms with E-state index in [0.29, 0.717) is 0 Å². The summed E-state index contributed by atoms with van der Waals surface area (Å²) in [5, 5.41) is 10.3. The Labute approximate surface area is 89.6 Å². The summed E-state index contributed by atoms with van der Waals surface area (Å²) in [6.45, 7) is -0.682. The molecule has 0 spiro atoms. The lowest BCUT2D eigenvalue weighted by molar-refractivity contribution is -0.174. The van der Waals surface area contributed by atoms with Gasteiger partial charge in [-0.3, -0.25) is 9.59 Å². The molecule has 0 aliphatic heterocycles. The second-order valence-electron chi connectivity index (χ2n) is 2.97. The summed E-state index contributed by atoms with van der Waals surface area (Å²) >= 11 is 0. The summed E-state index contributed by atoms with van der Waals surface area (Å²) in [4.78, 5) is 21.2. The van der Waals surface area contributed by atoms with E-state index in [2.05, 4.69) is 4.74 Å². The molecule has 0 unspecified atom stereocenters. The monoisotopic (exact) mass is 243 g/mol. The molecule has 2 N–H and O–H groups in total. The zero-order valence-corrected chi connectivity index (χ0v) is 8.50. The minimum Gasteiger partial charge on any atom is -0.469 e. The van der Waals surface area contributed by atoms with Gasteiger partial charge in [-0.2, -0.15) is 13.2 Å². The molecule has 0 heterocycles. The SMILES string of the molecule is COC(=O)CC[C@@H](CO)NC(=O)C(F)(F)F. The summed E-state index contributed by atoms with van der Waals surface area (Å²) in [6, 6.07) is -1.12. The number of hydrogen-bond donors (Lipinski definition) is 2. The van der Waals surface area contributed by atoms with Crippen molar-refractivity contribution >= 4 is 11.9 Å². The van der Waals surface area contributed by atoms with E-state index < -0.39 is 30.7 Å². The van der Waals surface area contributed by atoms with Gasteiger partial charge in [0.15, 0.2) is 0 Å². The van der Waals surface area contributed by atoms with Gasteiger partial charge in [0, 0.05) is 6.42 Å². The Morgan fingerprint density at radius 3 is 2.38 bits per heavy atom. The third-order valence-electron chi connectivity index (χ3n) is 1.74. The van der Waals surface area contributed by atoms with Gasteiger partial charge in [0.2, 0.25) is 0 Å². The van der Waals surface area contributed by atoms with Gasteiger partial charge in [0.05, 0.1) is 19.8 Å². The Morgan fingerprint density at radius 2 is 2.00 bits per heavy atom. The van der Waals surface area contributed by atoms with Crippen LogP contribution in [0.15, 0.2) is 0 Å². The Hall–Kier alpha value is -1.31. The second-order valence-corrected chi connectivity index (χ2v) is 2.97. The normalized spacial score (nSPS) is 13.1. The first kappa shape index (κ1) is 14.7. The number of carbonyl (C=O) groups is 2. The smallest absolute Gasteiger partial charge is 0.469 e. The Bertz CT molecular complexity index is 254. The van der Waals surface area contributed by atoms with Crippen LogP contribution < -0.4 is 5.32 Å². The van der Waals surface area contributed by atoms with Gasteiger partial charge in [0.25, 0.3) is 0 Å². The van der Waals surface area contributed by atoms with E-state index in [0.717, 1.165) is 7.11 Å². The highest BCUT2D eigenvalue weighted by atomic mass is 19.4. The van der Waals surface area contributed by atoms with E-state index in [-0.39, 0.29) is 12.8 Å². The molecule has 1 amide bonds. The molecule has 0 aromatic heterocycles. The van der Waals surface area contributed by atoms with E-state index in [1.54, 1.807) is 5.32 Å².